The van der Waals surface area contributed by atoms with E-state index in [2.05, 4.69) is 81.2 Å². The molecule has 2 aliphatic heterocycles. The average Bonchev–Trinajstić information content (AvgIpc) is 3.45. The first kappa shape index (κ1) is 24.8. The van der Waals surface area contributed by atoms with Crippen molar-refractivity contribution < 1.29 is 4.79 Å². The largest absolute Gasteiger partial charge is 0.353 e. The second-order valence-electron chi connectivity index (χ2n) is 9.36. The molecule has 0 aliphatic carbocycles. The third kappa shape index (κ3) is 5.56. The van der Waals surface area contributed by atoms with E-state index >= 15 is 0 Å². The van der Waals surface area contributed by atoms with Crippen LogP contribution in [0.25, 0.3) is 5.57 Å². The number of thioether (sulfide) groups is 1. The number of aromatic nitrogens is 1. The summed E-state index contributed by atoms with van der Waals surface area (Å²) in [6.45, 7) is 4.62. The number of nitrogens with zero attached hydrogens (tertiary/aromatic N) is 2. The van der Waals surface area contributed by atoms with E-state index in [1.165, 1.54) is 16.7 Å². The molecule has 3 heterocycles. The summed E-state index contributed by atoms with van der Waals surface area (Å²) in [7, 11) is 0. The lowest BCUT2D eigenvalue weighted by Crippen LogP contribution is -2.49. The van der Waals surface area contributed by atoms with E-state index in [1.54, 1.807) is 29.7 Å². The zero-order valence-corrected chi connectivity index (χ0v) is 21.5. The first-order valence-electron chi connectivity index (χ1n) is 12.9. The van der Waals surface area contributed by atoms with Gasteiger partial charge in [-0.25, -0.2) is 0 Å². The predicted molar refractivity (Wildman–Crippen MR) is 149 cm³/mol. The molecule has 6 heteroatoms. The van der Waals surface area contributed by atoms with Crippen LogP contribution >= 0.6 is 11.8 Å². The van der Waals surface area contributed by atoms with Gasteiger partial charge in [-0.2, -0.15) is 0 Å². The fraction of sp³-hybridized carbons (Fsp3) is 0.333. The number of pyridine rings is 1. The van der Waals surface area contributed by atoms with Crippen molar-refractivity contribution in [1.82, 2.24) is 20.5 Å². The van der Waals surface area contributed by atoms with Crippen molar-refractivity contribution in [3.05, 3.63) is 107 Å². The van der Waals surface area contributed by atoms with Gasteiger partial charge >= 0.3 is 0 Å². The monoisotopic (exact) mass is 498 g/mol. The minimum atomic E-state index is -0.718. The topological polar surface area (TPSA) is 57.3 Å². The lowest BCUT2D eigenvalue weighted by molar-refractivity contribution is -0.124. The fourth-order valence-corrected chi connectivity index (χ4v) is 6.43. The Kier molecular flexibility index (Phi) is 8.16. The molecular weight excluding hydrogens is 464 g/mol. The number of piperidine rings is 1. The van der Waals surface area contributed by atoms with Crippen LogP contribution in [-0.2, 0) is 9.67 Å². The third-order valence-corrected chi connectivity index (χ3v) is 8.46. The summed E-state index contributed by atoms with van der Waals surface area (Å²) in [6, 6.07) is 25.4. The number of carbonyl (C=O) groups excluding carboxylic acids is 1. The van der Waals surface area contributed by atoms with Crippen molar-refractivity contribution in [2.45, 2.75) is 24.1 Å². The molecule has 1 amide bonds. The molecule has 0 spiro atoms. The van der Waals surface area contributed by atoms with E-state index in [0.29, 0.717) is 6.54 Å². The SMILES string of the molecule is O=C(NCCCN1CCC(=C(c2ccccc2)c2ccccc2)CC1)C1(c2cccnc2)NCCS1. The van der Waals surface area contributed by atoms with Crippen LogP contribution in [0.5, 0.6) is 0 Å². The Bertz CT molecular complexity index is 1110. The van der Waals surface area contributed by atoms with Gasteiger partial charge in [-0.15, -0.1) is 11.8 Å². The highest BCUT2D eigenvalue weighted by Crippen LogP contribution is 2.37. The fourth-order valence-electron chi connectivity index (χ4n) is 5.23. The highest BCUT2D eigenvalue weighted by atomic mass is 32.2. The van der Waals surface area contributed by atoms with Gasteiger partial charge < -0.3 is 10.2 Å². The van der Waals surface area contributed by atoms with E-state index in [0.717, 1.165) is 56.8 Å². The van der Waals surface area contributed by atoms with Crippen LogP contribution in [0.15, 0.2) is 90.8 Å². The van der Waals surface area contributed by atoms with E-state index < -0.39 is 4.87 Å². The number of hydrogen-bond donors (Lipinski definition) is 2. The molecule has 2 aliphatic rings. The molecule has 1 unspecified atom stereocenters. The smallest absolute Gasteiger partial charge is 0.255 e. The normalized spacial score (nSPS) is 20.3. The van der Waals surface area contributed by atoms with Crippen molar-refractivity contribution in [3.63, 3.8) is 0 Å². The molecule has 2 N–H and O–H groups in total. The number of likely N-dealkylation sites (tertiary alicyclic amines) is 1. The van der Waals surface area contributed by atoms with Gasteiger partial charge in [0.15, 0.2) is 4.87 Å². The summed E-state index contributed by atoms with van der Waals surface area (Å²) in [5.41, 5.74) is 6.46. The molecule has 36 heavy (non-hydrogen) atoms. The zero-order valence-electron chi connectivity index (χ0n) is 20.7. The first-order valence-corrected chi connectivity index (χ1v) is 13.9. The van der Waals surface area contributed by atoms with Crippen molar-refractivity contribution in [3.8, 4) is 0 Å². The van der Waals surface area contributed by atoms with Crippen LogP contribution in [0.4, 0.5) is 0 Å². The zero-order chi connectivity index (χ0) is 24.6. The maximum absolute atomic E-state index is 13.2. The molecule has 0 saturated carbocycles. The van der Waals surface area contributed by atoms with Crippen LogP contribution in [0.2, 0.25) is 0 Å². The van der Waals surface area contributed by atoms with Gasteiger partial charge in [0.25, 0.3) is 5.91 Å². The van der Waals surface area contributed by atoms with Crippen LogP contribution < -0.4 is 10.6 Å². The average molecular weight is 499 g/mol. The summed E-state index contributed by atoms with van der Waals surface area (Å²) < 4.78 is 0. The van der Waals surface area contributed by atoms with Crippen molar-refractivity contribution in [1.29, 1.82) is 0 Å². The molecule has 1 atom stereocenters. The van der Waals surface area contributed by atoms with Crippen molar-refractivity contribution in [2.24, 2.45) is 0 Å². The van der Waals surface area contributed by atoms with E-state index in [4.69, 9.17) is 0 Å². The number of rotatable bonds is 8. The summed E-state index contributed by atoms with van der Waals surface area (Å²) >= 11 is 1.66. The quantitative estimate of drug-likeness (QED) is 0.442. The Morgan fingerprint density at radius 1 is 0.972 bits per heavy atom. The Hall–Kier alpha value is -2.93. The lowest BCUT2D eigenvalue weighted by Gasteiger charge is -2.31. The molecule has 2 fully saturated rings. The molecular formula is C30H34N4OS. The molecule has 186 valence electrons. The number of benzene rings is 2. The van der Waals surface area contributed by atoms with E-state index in [1.807, 2.05) is 12.1 Å². The molecule has 2 saturated heterocycles. The van der Waals surface area contributed by atoms with E-state index in [9.17, 15) is 4.79 Å². The Morgan fingerprint density at radius 2 is 1.67 bits per heavy atom. The summed E-state index contributed by atoms with van der Waals surface area (Å²) in [4.78, 5) is 19.2. The maximum atomic E-state index is 13.2. The number of hydrogen-bond acceptors (Lipinski definition) is 5. The third-order valence-electron chi connectivity index (χ3n) is 7.06. The van der Waals surface area contributed by atoms with Crippen LogP contribution in [-0.4, -0.2) is 54.3 Å². The second kappa shape index (κ2) is 11.9. The minimum Gasteiger partial charge on any atom is -0.353 e. The van der Waals surface area contributed by atoms with Gasteiger partial charge in [-0.3, -0.25) is 15.1 Å². The van der Waals surface area contributed by atoms with Crippen molar-refractivity contribution >= 4 is 23.2 Å². The first-order chi connectivity index (χ1) is 17.8. The summed E-state index contributed by atoms with van der Waals surface area (Å²) in [6.07, 6.45) is 6.65. The van der Waals surface area contributed by atoms with Crippen LogP contribution in [0.3, 0.4) is 0 Å². The molecule has 2 aromatic carbocycles. The minimum absolute atomic E-state index is 0.0391. The standard InChI is InChI=1S/C30H34N4OS/c35-29(30(33-18-22-36-30)27-13-7-16-31-23-27)32-17-8-19-34-20-14-26(15-21-34)28(24-9-3-1-4-10-24)25-11-5-2-6-12-25/h1-7,9-13,16,23,33H,8,14-15,17-22H2,(H,32,35). The molecule has 1 aromatic heterocycles. The van der Waals surface area contributed by atoms with E-state index in [-0.39, 0.29) is 5.91 Å². The molecule has 5 rings (SSSR count). The number of amides is 1. The number of carbonyl (C=O) groups is 1. The molecule has 5 nitrogen and oxygen atoms in total. The predicted octanol–water partition coefficient (Wildman–Crippen LogP) is 4.68. The summed E-state index contributed by atoms with van der Waals surface area (Å²) in [5, 5.41) is 6.60. The highest BCUT2D eigenvalue weighted by molar-refractivity contribution is 8.01. The van der Waals surface area contributed by atoms with Gasteiger partial charge in [-0.1, -0.05) is 72.3 Å². The van der Waals surface area contributed by atoms with Gasteiger partial charge in [0.2, 0.25) is 0 Å². The molecule has 3 aromatic rings. The van der Waals surface area contributed by atoms with Crippen LogP contribution in [0.1, 0.15) is 36.0 Å². The van der Waals surface area contributed by atoms with Gasteiger partial charge in [0, 0.05) is 49.9 Å². The second-order valence-corrected chi connectivity index (χ2v) is 10.7. The lowest BCUT2D eigenvalue weighted by atomic mass is 9.88. The molecule has 0 radical (unpaired) electrons. The highest BCUT2D eigenvalue weighted by Gasteiger charge is 2.43. The summed E-state index contributed by atoms with van der Waals surface area (Å²) in [5.74, 6) is 0.956. The Labute approximate surface area is 218 Å². The van der Waals surface area contributed by atoms with Gasteiger partial charge in [0.1, 0.15) is 0 Å². The Balaban J connectivity index is 1.16. The van der Waals surface area contributed by atoms with Crippen molar-refractivity contribution in [2.75, 3.05) is 38.5 Å². The van der Waals surface area contributed by atoms with Crippen LogP contribution in [0, 0.1) is 0 Å². The van der Waals surface area contributed by atoms with Gasteiger partial charge in [-0.05, 0) is 48.6 Å². The number of nitrogens with one attached hydrogen (secondary N) is 2. The Morgan fingerprint density at radius 3 is 2.25 bits per heavy atom. The molecule has 0 bridgehead atoms. The van der Waals surface area contributed by atoms with Gasteiger partial charge in [0.05, 0.1) is 0 Å². The maximum Gasteiger partial charge on any atom is 0.255 e.